The molecule has 16 heavy (non-hydrogen) atoms. The van der Waals surface area contributed by atoms with Gasteiger partial charge in [0.05, 0.1) is 0 Å². The lowest BCUT2D eigenvalue weighted by molar-refractivity contribution is 0.0692. The van der Waals surface area contributed by atoms with Crippen molar-refractivity contribution in [2.45, 2.75) is 0 Å². The van der Waals surface area contributed by atoms with Crippen LogP contribution in [0, 0.1) is 0 Å². The summed E-state index contributed by atoms with van der Waals surface area (Å²) in [5.41, 5.74) is 0.296. The summed E-state index contributed by atoms with van der Waals surface area (Å²) in [6, 6.07) is 6.31. The molecule has 0 saturated carbocycles. The van der Waals surface area contributed by atoms with Gasteiger partial charge in [-0.3, -0.25) is 0 Å². The van der Waals surface area contributed by atoms with Gasteiger partial charge >= 0.3 is 5.97 Å². The summed E-state index contributed by atoms with van der Waals surface area (Å²) in [6.45, 7) is 0. The number of para-hydroxylation sites is 1. The Morgan fingerprint density at radius 3 is 2.69 bits per heavy atom. The highest BCUT2D eigenvalue weighted by molar-refractivity contribution is 6.28. The van der Waals surface area contributed by atoms with Crippen molar-refractivity contribution < 1.29 is 15.0 Å². The second kappa shape index (κ2) is 3.86. The van der Waals surface area contributed by atoms with Gasteiger partial charge in [-0.05, 0) is 23.7 Å². The van der Waals surface area contributed by atoms with Gasteiger partial charge in [0.2, 0.25) is 5.28 Å². The molecule has 0 aliphatic carbocycles. The molecule has 0 spiro atoms. The number of hydrogen-bond donors (Lipinski definition) is 3. The van der Waals surface area contributed by atoms with Gasteiger partial charge in [-0.15, -0.1) is 0 Å². The SMILES string of the molecule is O=C(O)c1[nH]c(Cl)nc1-c1ccccc1O. The zero-order chi connectivity index (χ0) is 11.7. The lowest BCUT2D eigenvalue weighted by atomic mass is 10.1. The minimum atomic E-state index is -1.18. The van der Waals surface area contributed by atoms with Crippen LogP contribution in [0.25, 0.3) is 11.3 Å². The van der Waals surface area contributed by atoms with Crippen molar-refractivity contribution in [3.63, 3.8) is 0 Å². The quantitative estimate of drug-likeness (QED) is 0.748. The summed E-state index contributed by atoms with van der Waals surface area (Å²) >= 11 is 5.60. The smallest absolute Gasteiger partial charge is 0.354 e. The van der Waals surface area contributed by atoms with Gasteiger partial charge in [0.15, 0.2) is 5.69 Å². The third-order valence-electron chi connectivity index (χ3n) is 2.05. The average molecular weight is 239 g/mol. The van der Waals surface area contributed by atoms with E-state index in [1.165, 1.54) is 6.07 Å². The molecule has 0 amide bonds. The van der Waals surface area contributed by atoms with Crippen molar-refractivity contribution in [2.24, 2.45) is 0 Å². The highest BCUT2D eigenvalue weighted by Crippen LogP contribution is 2.30. The minimum absolute atomic E-state index is 0.0318. The van der Waals surface area contributed by atoms with E-state index in [2.05, 4.69) is 9.97 Å². The molecule has 5 nitrogen and oxygen atoms in total. The molecule has 1 aromatic heterocycles. The second-order valence-electron chi connectivity index (χ2n) is 3.07. The minimum Gasteiger partial charge on any atom is -0.507 e. The Kier molecular flexibility index (Phi) is 2.54. The Morgan fingerprint density at radius 2 is 2.06 bits per heavy atom. The van der Waals surface area contributed by atoms with Crippen molar-refractivity contribution in [1.82, 2.24) is 9.97 Å². The summed E-state index contributed by atoms with van der Waals surface area (Å²) in [6.07, 6.45) is 0. The molecule has 2 rings (SSSR count). The summed E-state index contributed by atoms with van der Waals surface area (Å²) in [7, 11) is 0. The Hall–Kier alpha value is -2.01. The van der Waals surface area contributed by atoms with E-state index in [1.807, 2.05) is 0 Å². The number of carboxylic acids is 1. The Labute approximate surface area is 95.3 Å². The van der Waals surface area contributed by atoms with E-state index in [0.717, 1.165) is 0 Å². The molecular weight excluding hydrogens is 232 g/mol. The van der Waals surface area contributed by atoms with E-state index in [9.17, 15) is 9.90 Å². The maximum Gasteiger partial charge on any atom is 0.354 e. The number of aromatic amines is 1. The largest absolute Gasteiger partial charge is 0.507 e. The molecule has 3 N–H and O–H groups in total. The van der Waals surface area contributed by atoms with Crippen molar-refractivity contribution in [3.8, 4) is 17.0 Å². The van der Waals surface area contributed by atoms with Crippen LogP contribution in [0.4, 0.5) is 0 Å². The van der Waals surface area contributed by atoms with Crippen molar-refractivity contribution >= 4 is 17.6 Å². The fraction of sp³-hybridized carbons (Fsp3) is 0. The number of halogens is 1. The first-order valence-electron chi connectivity index (χ1n) is 4.36. The van der Waals surface area contributed by atoms with Crippen LogP contribution in [0.2, 0.25) is 5.28 Å². The first-order valence-corrected chi connectivity index (χ1v) is 4.74. The van der Waals surface area contributed by atoms with Gasteiger partial charge in [-0.1, -0.05) is 12.1 Å². The molecule has 0 saturated heterocycles. The number of rotatable bonds is 2. The number of nitrogens with one attached hydrogen (secondary N) is 1. The van der Waals surface area contributed by atoms with Gasteiger partial charge < -0.3 is 15.2 Å². The van der Waals surface area contributed by atoms with Crippen LogP contribution in [0.1, 0.15) is 10.5 Å². The van der Waals surface area contributed by atoms with Crippen LogP contribution >= 0.6 is 11.6 Å². The lowest BCUT2D eigenvalue weighted by Gasteiger charge is -2.01. The van der Waals surface area contributed by atoms with Crippen LogP contribution in [0.5, 0.6) is 5.75 Å². The number of benzene rings is 1. The number of H-pyrrole nitrogens is 1. The Bertz CT molecular complexity index is 551. The first kappa shape index (κ1) is 10.5. The van der Waals surface area contributed by atoms with Crippen LogP contribution in [-0.4, -0.2) is 26.2 Å². The first-order chi connectivity index (χ1) is 7.59. The van der Waals surface area contributed by atoms with Crippen LogP contribution in [-0.2, 0) is 0 Å². The monoisotopic (exact) mass is 238 g/mol. The fourth-order valence-electron chi connectivity index (χ4n) is 1.37. The number of carboxylic acid groups (broad SMARTS) is 1. The number of phenols is 1. The molecule has 0 unspecified atom stereocenters. The normalized spacial score (nSPS) is 10.3. The number of nitrogens with zero attached hydrogens (tertiary/aromatic N) is 1. The Balaban J connectivity index is 2.64. The topological polar surface area (TPSA) is 86.2 Å². The maximum atomic E-state index is 10.9. The molecule has 0 fully saturated rings. The summed E-state index contributed by atoms with van der Waals surface area (Å²) in [5.74, 6) is -1.23. The average Bonchev–Trinajstić information content (AvgIpc) is 2.61. The summed E-state index contributed by atoms with van der Waals surface area (Å²) in [4.78, 5) is 17.2. The van der Waals surface area contributed by atoms with Crippen molar-refractivity contribution in [3.05, 3.63) is 35.2 Å². The number of phenolic OH excluding ortho intramolecular Hbond substituents is 1. The number of imidazole rings is 1. The highest BCUT2D eigenvalue weighted by Gasteiger charge is 2.19. The van der Waals surface area contributed by atoms with E-state index in [1.54, 1.807) is 18.2 Å². The van der Waals surface area contributed by atoms with Crippen LogP contribution in [0.15, 0.2) is 24.3 Å². The lowest BCUT2D eigenvalue weighted by Crippen LogP contribution is -1.99. The molecule has 0 radical (unpaired) electrons. The fourth-order valence-corrected chi connectivity index (χ4v) is 1.55. The van der Waals surface area contributed by atoms with Gasteiger partial charge in [-0.2, -0.15) is 0 Å². The summed E-state index contributed by atoms with van der Waals surface area (Å²) in [5, 5.41) is 18.5. The van der Waals surface area contributed by atoms with E-state index in [-0.39, 0.29) is 22.4 Å². The molecule has 82 valence electrons. The van der Waals surface area contributed by atoms with Gasteiger partial charge in [0, 0.05) is 5.56 Å². The number of hydrogen-bond acceptors (Lipinski definition) is 3. The molecule has 6 heteroatoms. The second-order valence-corrected chi connectivity index (χ2v) is 3.43. The van der Waals surface area contributed by atoms with Crippen molar-refractivity contribution in [1.29, 1.82) is 0 Å². The molecule has 1 aromatic carbocycles. The van der Waals surface area contributed by atoms with Crippen LogP contribution in [0.3, 0.4) is 0 Å². The molecule has 2 aromatic rings. The standard InChI is InChI=1S/C10H7ClN2O3/c11-10-12-7(8(13-10)9(15)16)5-3-1-2-4-6(5)14/h1-4,14H,(H,12,13)(H,15,16). The molecule has 0 bridgehead atoms. The van der Waals surface area contributed by atoms with E-state index < -0.39 is 5.97 Å². The third-order valence-corrected chi connectivity index (χ3v) is 2.23. The van der Waals surface area contributed by atoms with E-state index in [4.69, 9.17) is 16.7 Å². The number of aromatic hydroxyl groups is 1. The predicted molar refractivity (Wildman–Crippen MR) is 57.7 cm³/mol. The maximum absolute atomic E-state index is 10.9. The van der Waals surface area contributed by atoms with Crippen LogP contribution < -0.4 is 0 Å². The Morgan fingerprint density at radius 1 is 1.38 bits per heavy atom. The zero-order valence-electron chi connectivity index (χ0n) is 7.94. The molecule has 1 heterocycles. The van der Waals surface area contributed by atoms with E-state index >= 15 is 0 Å². The van der Waals surface area contributed by atoms with Gasteiger partial charge in [0.1, 0.15) is 11.4 Å². The third kappa shape index (κ3) is 1.72. The summed E-state index contributed by atoms with van der Waals surface area (Å²) < 4.78 is 0. The van der Waals surface area contributed by atoms with E-state index in [0.29, 0.717) is 5.56 Å². The molecule has 0 aliphatic rings. The number of carbonyl (C=O) groups is 1. The predicted octanol–water partition coefficient (Wildman–Crippen LogP) is 2.13. The molecule has 0 aliphatic heterocycles. The number of aromatic carboxylic acids is 1. The highest BCUT2D eigenvalue weighted by atomic mass is 35.5. The van der Waals surface area contributed by atoms with Gasteiger partial charge in [-0.25, -0.2) is 9.78 Å². The van der Waals surface area contributed by atoms with Crippen molar-refractivity contribution in [2.75, 3.05) is 0 Å². The molecular formula is C10H7ClN2O3. The zero-order valence-corrected chi connectivity index (χ0v) is 8.69. The molecule has 0 atom stereocenters. The number of aromatic nitrogens is 2. The van der Waals surface area contributed by atoms with Gasteiger partial charge in [0.25, 0.3) is 0 Å².